The minimum Gasteiger partial charge on any atom is -0.395 e. The Bertz CT molecular complexity index is 419. The predicted molar refractivity (Wildman–Crippen MR) is 74.0 cm³/mol. The molecule has 1 aromatic heterocycles. The van der Waals surface area contributed by atoms with Crippen molar-refractivity contribution in [3.8, 4) is 0 Å². The third-order valence-electron chi connectivity index (χ3n) is 3.46. The van der Waals surface area contributed by atoms with E-state index < -0.39 is 5.82 Å². The molecule has 106 valence electrons. The lowest BCUT2D eigenvalue weighted by Gasteiger charge is -2.34. The number of aliphatic hydroxyl groups excluding tert-OH is 1. The van der Waals surface area contributed by atoms with Gasteiger partial charge in [0, 0.05) is 25.3 Å². The molecule has 2 heterocycles. The van der Waals surface area contributed by atoms with E-state index in [9.17, 15) is 9.50 Å². The zero-order valence-corrected chi connectivity index (χ0v) is 11.5. The van der Waals surface area contributed by atoms with E-state index in [2.05, 4.69) is 15.2 Å². The normalized spacial score (nSPS) is 20.5. The van der Waals surface area contributed by atoms with Crippen LogP contribution in [0.1, 0.15) is 19.3 Å². The Hall–Kier alpha value is -0.910. The highest BCUT2D eigenvalue weighted by Crippen LogP contribution is 2.17. The van der Waals surface area contributed by atoms with Gasteiger partial charge in [-0.2, -0.15) is 0 Å². The number of piperidine rings is 1. The van der Waals surface area contributed by atoms with Gasteiger partial charge in [0.15, 0.2) is 11.6 Å². The standard InChI is InChI=1S/C13H19ClFN3O/c14-10-7-12(15)13(17-8-10)16-4-6-18-5-2-1-3-11(18)9-19/h7-8,11,19H,1-6,9H2,(H,16,17). The number of aliphatic hydroxyl groups is 1. The summed E-state index contributed by atoms with van der Waals surface area (Å²) < 4.78 is 13.5. The van der Waals surface area contributed by atoms with Crippen molar-refractivity contribution in [3.05, 3.63) is 23.1 Å². The molecule has 0 amide bonds. The monoisotopic (exact) mass is 287 g/mol. The van der Waals surface area contributed by atoms with Crippen molar-refractivity contribution in [1.29, 1.82) is 0 Å². The van der Waals surface area contributed by atoms with E-state index in [1.807, 2.05) is 0 Å². The Morgan fingerprint density at radius 1 is 1.53 bits per heavy atom. The molecule has 1 unspecified atom stereocenters. The van der Waals surface area contributed by atoms with Gasteiger partial charge < -0.3 is 10.4 Å². The number of likely N-dealkylation sites (tertiary alicyclic amines) is 1. The molecule has 1 aliphatic rings. The molecule has 6 heteroatoms. The fraction of sp³-hybridized carbons (Fsp3) is 0.615. The first-order valence-corrected chi connectivity index (χ1v) is 6.98. The summed E-state index contributed by atoms with van der Waals surface area (Å²) in [4.78, 5) is 6.15. The lowest BCUT2D eigenvalue weighted by molar-refractivity contribution is 0.0940. The third kappa shape index (κ3) is 4.03. The van der Waals surface area contributed by atoms with E-state index in [0.29, 0.717) is 11.6 Å². The quantitative estimate of drug-likeness (QED) is 0.871. The highest BCUT2D eigenvalue weighted by Gasteiger charge is 2.20. The molecule has 1 aliphatic heterocycles. The number of nitrogens with one attached hydrogen (secondary N) is 1. The number of hydrogen-bond acceptors (Lipinski definition) is 4. The number of anilines is 1. The predicted octanol–water partition coefficient (Wildman–Crippen LogP) is 2.13. The Labute approximate surface area is 117 Å². The smallest absolute Gasteiger partial charge is 0.166 e. The topological polar surface area (TPSA) is 48.4 Å². The zero-order valence-electron chi connectivity index (χ0n) is 10.8. The molecule has 1 aromatic rings. The van der Waals surface area contributed by atoms with Crippen LogP contribution >= 0.6 is 11.6 Å². The molecule has 1 atom stereocenters. The fourth-order valence-corrected chi connectivity index (χ4v) is 2.57. The molecule has 0 radical (unpaired) electrons. The molecule has 4 nitrogen and oxygen atoms in total. The molecule has 0 saturated carbocycles. The van der Waals surface area contributed by atoms with E-state index in [-0.39, 0.29) is 18.5 Å². The van der Waals surface area contributed by atoms with Crippen molar-refractivity contribution in [2.24, 2.45) is 0 Å². The number of nitrogens with zero attached hydrogens (tertiary/aromatic N) is 2. The number of aromatic nitrogens is 1. The van der Waals surface area contributed by atoms with E-state index in [0.717, 1.165) is 25.9 Å². The zero-order chi connectivity index (χ0) is 13.7. The number of halogens is 2. The lowest BCUT2D eigenvalue weighted by atomic mass is 10.0. The summed E-state index contributed by atoms with van der Waals surface area (Å²) in [6, 6.07) is 1.48. The summed E-state index contributed by atoms with van der Waals surface area (Å²) in [7, 11) is 0. The molecule has 0 bridgehead atoms. The first-order valence-electron chi connectivity index (χ1n) is 6.60. The Kier molecular flexibility index (Phi) is 5.36. The summed E-state index contributed by atoms with van der Waals surface area (Å²) >= 11 is 5.64. The largest absolute Gasteiger partial charge is 0.395 e. The Balaban J connectivity index is 1.82. The first-order chi connectivity index (χ1) is 9.20. The maximum Gasteiger partial charge on any atom is 0.166 e. The van der Waals surface area contributed by atoms with Gasteiger partial charge in [-0.05, 0) is 25.5 Å². The maximum atomic E-state index is 13.5. The van der Waals surface area contributed by atoms with E-state index in [1.165, 1.54) is 18.7 Å². The first kappa shape index (κ1) is 14.5. The van der Waals surface area contributed by atoms with Gasteiger partial charge in [-0.3, -0.25) is 4.90 Å². The number of rotatable bonds is 5. The van der Waals surface area contributed by atoms with Gasteiger partial charge in [0.1, 0.15) is 0 Å². The van der Waals surface area contributed by atoms with Crippen molar-refractivity contribution < 1.29 is 9.50 Å². The van der Waals surface area contributed by atoms with Gasteiger partial charge in [0.25, 0.3) is 0 Å². The molecule has 2 N–H and O–H groups in total. The van der Waals surface area contributed by atoms with Crippen LogP contribution in [0.4, 0.5) is 10.2 Å². The van der Waals surface area contributed by atoms with Crippen molar-refractivity contribution in [2.75, 3.05) is 31.6 Å². The second-order valence-corrected chi connectivity index (χ2v) is 5.22. The lowest BCUT2D eigenvalue weighted by Crippen LogP contribution is -2.44. The third-order valence-corrected chi connectivity index (χ3v) is 3.67. The molecular weight excluding hydrogens is 269 g/mol. The SMILES string of the molecule is OCC1CCCCN1CCNc1ncc(Cl)cc1F. The molecule has 2 rings (SSSR count). The van der Waals surface area contributed by atoms with E-state index in [1.54, 1.807) is 0 Å². The van der Waals surface area contributed by atoms with Crippen molar-refractivity contribution in [1.82, 2.24) is 9.88 Å². The summed E-state index contributed by atoms with van der Waals surface area (Å²) in [6.07, 6.45) is 4.78. The van der Waals surface area contributed by atoms with Gasteiger partial charge in [0.05, 0.1) is 11.6 Å². The van der Waals surface area contributed by atoms with Crippen LogP contribution in [0.5, 0.6) is 0 Å². The van der Waals surface area contributed by atoms with Crippen LogP contribution in [-0.2, 0) is 0 Å². The van der Waals surface area contributed by atoms with Gasteiger partial charge in [0.2, 0.25) is 0 Å². The molecule has 1 saturated heterocycles. The highest BCUT2D eigenvalue weighted by atomic mass is 35.5. The van der Waals surface area contributed by atoms with Gasteiger partial charge in [-0.1, -0.05) is 18.0 Å². The van der Waals surface area contributed by atoms with Gasteiger partial charge >= 0.3 is 0 Å². The highest BCUT2D eigenvalue weighted by molar-refractivity contribution is 6.30. The van der Waals surface area contributed by atoms with Crippen LogP contribution in [0.15, 0.2) is 12.3 Å². The van der Waals surface area contributed by atoms with Crippen LogP contribution in [-0.4, -0.2) is 47.3 Å². The maximum absolute atomic E-state index is 13.5. The van der Waals surface area contributed by atoms with E-state index >= 15 is 0 Å². The molecule has 0 spiro atoms. The fourth-order valence-electron chi connectivity index (χ4n) is 2.42. The van der Waals surface area contributed by atoms with Crippen LogP contribution in [0, 0.1) is 5.82 Å². The summed E-state index contributed by atoms with van der Waals surface area (Å²) in [6.45, 7) is 2.55. The van der Waals surface area contributed by atoms with Crippen molar-refractivity contribution in [2.45, 2.75) is 25.3 Å². The molecule has 19 heavy (non-hydrogen) atoms. The Morgan fingerprint density at radius 3 is 3.11 bits per heavy atom. The van der Waals surface area contributed by atoms with E-state index in [4.69, 9.17) is 11.6 Å². The molecule has 0 aliphatic carbocycles. The van der Waals surface area contributed by atoms with Gasteiger partial charge in [-0.25, -0.2) is 9.37 Å². The second-order valence-electron chi connectivity index (χ2n) is 4.78. The summed E-state index contributed by atoms with van der Waals surface area (Å²) in [5, 5.41) is 12.6. The van der Waals surface area contributed by atoms with Crippen molar-refractivity contribution >= 4 is 17.4 Å². The second kappa shape index (κ2) is 7.03. The molecular formula is C13H19ClFN3O. The number of hydrogen-bond donors (Lipinski definition) is 2. The number of pyridine rings is 1. The van der Waals surface area contributed by atoms with Crippen LogP contribution in [0.2, 0.25) is 5.02 Å². The molecule has 1 fully saturated rings. The minimum absolute atomic E-state index is 0.188. The molecule has 0 aromatic carbocycles. The summed E-state index contributed by atoms with van der Waals surface area (Å²) in [5.41, 5.74) is 0. The summed E-state index contributed by atoms with van der Waals surface area (Å²) in [5.74, 6) is -0.216. The average Bonchev–Trinajstić information content (AvgIpc) is 2.42. The van der Waals surface area contributed by atoms with Crippen LogP contribution < -0.4 is 5.32 Å². The van der Waals surface area contributed by atoms with Crippen LogP contribution in [0.25, 0.3) is 0 Å². The Morgan fingerprint density at radius 2 is 2.37 bits per heavy atom. The van der Waals surface area contributed by atoms with Gasteiger partial charge in [-0.15, -0.1) is 0 Å². The minimum atomic E-state index is -0.440. The average molecular weight is 288 g/mol. The van der Waals surface area contributed by atoms with Crippen LogP contribution in [0.3, 0.4) is 0 Å². The van der Waals surface area contributed by atoms with Crippen molar-refractivity contribution in [3.63, 3.8) is 0 Å².